The van der Waals surface area contributed by atoms with Crippen LogP contribution in [0.5, 0.6) is 0 Å². The summed E-state index contributed by atoms with van der Waals surface area (Å²) in [6.45, 7) is 3.05. The molecule has 0 radical (unpaired) electrons. The van der Waals surface area contributed by atoms with E-state index in [2.05, 4.69) is 27.4 Å². The summed E-state index contributed by atoms with van der Waals surface area (Å²) in [5, 5.41) is 2.08. The van der Waals surface area contributed by atoms with Crippen LogP contribution in [0.25, 0.3) is 0 Å². The highest BCUT2D eigenvalue weighted by atomic mass is 32.1. The molecule has 1 amide bonds. The molecule has 4 heterocycles. The molecule has 160 valence electrons. The topological polar surface area (TPSA) is 69.3 Å². The number of rotatable bonds is 4. The van der Waals surface area contributed by atoms with Crippen molar-refractivity contribution in [2.45, 2.75) is 44.8 Å². The number of benzene rings is 1. The van der Waals surface area contributed by atoms with Gasteiger partial charge in [0.1, 0.15) is 5.82 Å². The molecule has 7 heteroatoms. The van der Waals surface area contributed by atoms with Crippen molar-refractivity contribution in [3.63, 3.8) is 0 Å². The fourth-order valence-electron chi connectivity index (χ4n) is 4.62. The first-order valence-electron chi connectivity index (χ1n) is 10.9. The Morgan fingerprint density at radius 2 is 2.00 bits per heavy atom. The number of piperidine rings is 1. The lowest BCUT2D eigenvalue weighted by Crippen LogP contribution is -2.41. The van der Waals surface area contributed by atoms with E-state index in [9.17, 15) is 9.59 Å². The highest BCUT2D eigenvalue weighted by Gasteiger charge is 2.32. The fourth-order valence-corrected chi connectivity index (χ4v) is 5.37. The van der Waals surface area contributed by atoms with Crippen molar-refractivity contribution in [3.05, 3.63) is 85.7 Å². The number of H-pyrrole nitrogens is 1. The Labute approximate surface area is 185 Å². The monoisotopic (exact) mass is 434 g/mol. The molecule has 1 saturated heterocycles. The molecule has 0 bridgehead atoms. The Balaban J connectivity index is 1.39. The quantitative estimate of drug-likeness (QED) is 0.679. The predicted octanol–water partition coefficient (Wildman–Crippen LogP) is 3.76. The van der Waals surface area contributed by atoms with Crippen LogP contribution in [0, 0.1) is 0 Å². The molecular weight excluding hydrogens is 408 g/mol. The zero-order valence-corrected chi connectivity index (χ0v) is 18.2. The van der Waals surface area contributed by atoms with Crippen molar-refractivity contribution in [2.75, 3.05) is 13.1 Å². The van der Waals surface area contributed by atoms with Gasteiger partial charge in [-0.3, -0.25) is 14.5 Å². The molecule has 1 aromatic carbocycles. The maximum absolute atomic E-state index is 13.2. The van der Waals surface area contributed by atoms with E-state index in [0.717, 1.165) is 50.0 Å². The van der Waals surface area contributed by atoms with Gasteiger partial charge in [0, 0.05) is 43.0 Å². The average Bonchev–Trinajstić information content (AvgIpc) is 3.32. The van der Waals surface area contributed by atoms with Crippen molar-refractivity contribution >= 4 is 17.2 Å². The number of carbonyl (C=O) groups excluding carboxylic acids is 1. The number of hydrogen-bond acceptors (Lipinski definition) is 5. The van der Waals surface area contributed by atoms with Crippen molar-refractivity contribution in [3.8, 4) is 0 Å². The minimum Gasteiger partial charge on any atom is -0.328 e. The number of nitrogens with zero attached hydrogens (tertiary/aromatic N) is 3. The van der Waals surface area contributed by atoms with Crippen LogP contribution in [-0.2, 0) is 19.5 Å². The second-order valence-corrected chi connectivity index (χ2v) is 9.32. The molecule has 1 unspecified atom stereocenters. The Hall–Kier alpha value is -2.77. The van der Waals surface area contributed by atoms with Gasteiger partial charge >= 0.3 is 0 Å². The Morgan fingerprint density at radius 1 is 1.13 bits per heavy atom. The van der Waals surface area contributed by atoms with Gasteiger partial charge in [-0.15, -0.1) is 11.3 Å². The van der Waals surface area contributed by atoms with E-state index in [1.54, 1.807) is 11.3 Å². The van der Waals surface area contributed by atoms with Crippen LogP contribution in [-0.4, -0.2) is 38.8 Å². The first kappa shape index (κ1) is 20.2. The minimum absolute atomic E-state index is 0.00722. The molecule has 2 aromatic heterocycles. The van der Waals surface area contributed by atoms with Gasteiger partial charge in [0.2, 0.25) is 0 Å². The van der Waals surface area contributed by atoms with Gasteiger partial charge in [-0.05, 0) is 42.8 Å². The molecule has 31 heavy (non-hydrogen) atoms. The number of aromatic nitrogens is 2. The molecule has 1 N–H and O–H groups in total. The lowest BCUT2D eigenvalue weighted by Gasteiger charge is -2.36. The van der Waals surface area contributed by atoms with Crippen molar-refractivity contribution in [2.24, 2.45) is 0 Å². The minimum atomic E-state index is -0.177. The highest BCUT2D eigenvalue weighted by Crippen LogP contribution is 2.30. The summed E-state index contributed by atoms with van der Waals surface area (Å²) >= 11 is 1.74. The maximum Gasteiger partial charge on any atom is 0.255 e. The Morgan fingerprint density at radius 3 is 2.81 bits per heavy atom. The summed E-state index contributed by atoms with van der Waals surface area (Å²) in [5.41, 5.74) is 2.27. The number of carbonyl (C=O) groups is 1. The zero-order chi connectivity index (χ0) is 21.2. The van der Waals surface area contributed by atoms with E-state index in [0.29, 0.717) is 24.5 Å². The van der Waals surface area contributed by atoms with E-state index in [1.165, 1.54) is 4.88 Å². The standard InChI is InChI=1S/C24H26N4O2S/c29-23-19-16-27(15-18-9-6-14-31-18)13-11-20(19)25-22(26-23)21-10-4-5-12-28(21)24(30)17-7-2-1-3-8-17/h1-3,6-9,14,21H,4-5,10-13,15-16H2,(H,25,26,29). The van der Waals surface area contributed by atoms with Crippen LogP contribution < -0.4 is 5.56 Å². The summed E-state index contributed by atoms with van der Waals surface area (Å²) < 4.78 is 0. The van der Waals surface area contributed by atoms with Crippen LogP contribution in [0.3, 0.4) is 0 Å². The average molecular weight is 435 g/mol. The van der Waals surface area contributed by atoms with E-state index < -0.39 is 0 Å². The molecule has 2 aliphatic rings. The number of likely N-dealkylation sites (tertiary alicyclic amines) is 1. The Kier molecular flexibility index (Phi) is 5.70. The largest absolute Gasteiger partial charge is 0.328 e. The van der Waals surface area contributed by atoms with Crippen LogP contribution >= 0.6 is 11.3 Å². The molecule has 3 aromatic rings. The van der Waals surface area contributed by atoms with Gasteiger partial charge in [-0.2, -0.15) is 0 Å². The van der Waals surface area contributed by atoms with E-state index in [1.807, 2.05) is 35.2 Å². The normalized spacial score (nSPS) is 19.2. The van der Waals surface area contributed by atoms with E-state index in [4.69, 9.17) is 4.98 Å². The lowest BCUT2D eigenvalue weighted by atomic mass is 9.99. The van der Waals surface area contributed by atoms with Gasteiger partial charge < -0.3 is 9.88 Å². The summed E-state index contributed by atoms with van der Waals surface area (Å²) in [7, 11) is 0. The molecule has 0 aliphatic carbocycles. The third kappa shape index (κ3) is 4.20. The summed E-state index contributed by atoms with van der Waals surface area (Å²) in [4.78, 5) is 39.6. The van der Waals surface area contributed by atoms with Crippen LogP contribution in [0.4, 0.5) is 0 Å². The van der Waals surface area contributed by atoms with Crippen molar-refractivity contribution < 1.29 is 4.79 Å². The molecule has 5 rings (SSSR count). The summed E-state index contributed by atoms with van der Waals surface area (Å²) in [5.74, 6) is 0.646. The molecule has 0 spiro atoms. The van der Waals surface area contributed by atoms with Gasteiger partial charge in [-0.25, -0.2) is 4.98 Å². The molecule has 0 saturated carbocycles. The van der Waals surface area contributed by atoms with Crippen LogP contribution in [0.15, 0.2) is 52.6 Å². The molecular formula is C24H26N4O2S. The van der Waals surface area contributed by atoms with Crippen LogP contribution in [0.1, 0.15) is 57.6 Å². The van der Waals surface area contributed by atoms with Crippen molar-refractivity contribution in [1.82, 2.24) is 19.8 Å². The van der Waals surface area contributed by atoms with E-state index in [-0.39, 0.29) is 17.5 Å². The number of hydrogen-bond donors (Lipinski definition) is 1. The smallest absolute Gasteiger partial charge is 0.255 e. The molecule has 1 fully saturated rings. The highest BCUT2D eigenvalue weighted by molar-refractivity contribution is 7.09. The molecule has 2 aliphatic heterocycles. The van der Waals surface area contributed by atoms with Gasteiger partial charge in [0.25, 0.3) is 11.5 Å². The number of amides is 1. The van der Waals surface area contributed by atoms with Gasteiger partial charge in [0.05, 0.1) is 17.3 Å². The lowest BCUT2D eigenvalue weighted by molar-refractivity contribution is 0.0598. The number of nitrogens with one attached hydrogen (secondary N) is 1. The first-order chi connectivity index (χ1) is 15.2. The number of fused-ring (bicyclic) bond motifs is 1. The zero-order valence-electron chi connectivity index (χ0n) is 17.4. The maximum atomic E-state index is 13.2. The first-order valence-corrected chi connectivity index (χ1v) is 11.8. The molecule has 1 atom stereocenters. The Bertz CT molecular complexity index is 1110. The van der Waals surface area contributed by atoms with Gasteiger partial charge in [-0.1, -0.05) is 24.3 Å². The number of thiophene rings is 1. The van der Waals surface area contributed by atoms with Crippen molar-refractivity contribution in [1.29, 1.82) is 0 Å². The fraction of sp³-hybridized carbons (Fsp3) is 0.375. The second-order valence-electron chi connectivity index (χ2n) is 8.29. The van der Waals surface area contributed by atoms with E-state index >= 15 is 0 Å². The second kappa shape index (κ2) is 8.77. The summed E-state index contributed by atoms with van der Waals surface area (Å²) in [6, 6.07) is 13.4. The van der Waals surface area contributed by atoms with Gasteiger partial charge in [0.15, 0.2) is 0 Å². The van der Waals surface area contributed by atoms with Crippen LogP contribution in [0.2, 0.25) is 0 Å². The number of aromatic amines is 1. The molecule has 6 nitrogen and oxygen atoms in total. The SMILES string of the molecule is O=C(c1ccccc1)N1CCCCC1c1nc2c(c(=O)[nH]1)CN(Cc1cccs1)CC2. The summed E-state index contributed by atoms with van der Waals surface area (Å²) in [6.07, 6.45) is 3.59. The predicted molar refractivity (Wildman–Crippen MR) is 121 cm³/mol. The third-order valence-corrected chi connectivity index (χ3v) is 7.09. The third-order valence-electron chi connectivity index (χ3n) is 6.23.